The van der Waals surface area contributed by atoms with Gasteiger partial charge >= 0.3 is 6.03 Å². The Kier molecular flexibility index (Phi) is 5.78. The fraction of sp³-hybridized carbons (Fsp3) is 0.474. The molecule has 0 fully saturated rings. The van der Waals surface area contributed by atoms with Gasteiger partial charge in [0.2, 0.25) is 0 Å². The molecule has 0 bridgehead atoms. The molecule has 2 amide bonds. The smallest absolute Gasteiger partial charge is 0.317 e. The first-order valence-electron chi connectivity index (χ1n) is 9.00. The van der Waals surface area contributed by atoms with Crippen LogP contribution in [0.5, 0.6) is 5.75 Å². The Morgan fingerprint density at radius 3 is 2.88 bits per heavy atom. The molecule has 140 valence electrons. The van der Waals surface area contributed by atoms with Crippen molar-refractivity contribution in [2.45, 2.75) is 33.1 Å². The van der Waals surface area contributed by atoms with Gasteiger partial charge in [-0.05, 0) is 19.1 Å². The quantitative estimate of drug-likeness (QED) is 0.860. The number of fused-ring (bicyclic) bond motifs is 1. The van der Waals surface area contributed by atoms with E-state index in [9.17, 15) is 4.79 Å². The van der Waals surface area contributed by atoms with Crippen LogP contribution in [0.4, 0.5) is 4.79 Å². The normalized spacial score (nSPS) is 14.0. The lowest BCUT2D eigenvalue weighted by molar-refractivity contribution is 0.201. The van der Waals surface area contributed by atoms with Gasteiger partial charge in [-0.3, -0.25) is 9.58 Å². The average Bonchev–Trinajstić information content (AvgIpc) is 3.03. The maximum Gasteiger partial charge on any atom is 0.317 e. The van der Waals surface area contributed by atoms with Crippen molar-refractivity contribution in [3.63, 3.8) is 0 Å². The number of para-hydroxylation sites is 1. The SMILES string of the molecule is CCOc1ccccc1CN1CCn2nc(CNC(=O)N(C)C)cc2C1. The van der Waals surface area contributed by atoms with Gasteiger partial charge in [0.25, 0.3) is 0 Å². The molecular weight excluding hydrogens is 330 g/mol. The molecule has 0 aliphatic carbocycles. The Hall–Kier alpha value is -2.54. The Labute approximate surface area is 154 Å². The number of carbonyl (C=O) groups excluding carboxylic acids is 1. The monoisotopic (exact) mass is 357 g/mol. The highest BCUT2D eigenvalue weighted by Gasteiger charge is 2.19. The van der Waals surface area contributed by atoms with Crippen LogP contribution in [-0.2, 0) is 26.2 Å². The Bertz CT molecular complexity index is 756. The molecule has 2 aromatic rings. The van der Waals surface area contributed by atoms with Gasteiger partial charge in [0.15, 0.2) is 0 Å². The number of ether oxygens (including phenoxy) is 1. The molecule has 7 heteroatoms. The molecule has 0 atom stereocenters. The third-order valence-electron chi connectivity index (χ3n) is 4.42. The van der Waals surface area contributed by atoms with Gasteiger partial charge in [0, 0.05) is 39.3 Å². The first-order valence-corrected chi connectivity index (χ1v) is 9.00. The van der Waals surface area contributed by atoms with Gasteiger partial charge in [-0.1, -0.05) is 18.2 Å². The van der Waals surface area contributed by atoms with E-state index in [-0.39, 0.29) is 6.03 Å². The van der Waals surface area contributed by atoms with Gasteiger partial charge in [-0.15, -0.1) is 0 Å². The minimum absolute atomic E-state index is 0.106. The van der Waals surface area contributed by atoms with Crippen LogP contribution in [0, 0.1) is 0 Å². The minimum atomic E-state index is -0.106. The summed E-state index contributed by atoms with van der Waals surface area (Å²) in [6, 6.07) is 10.2. The number of aromatic nitrogens is 2. The van der Waals surface area contributed by atoms with Crippen LogP contribution < -0.4 is 10.1 Å². The topological polar surface area (TPSA) is 62.6 Å². The highest BCUT2D eigenvalue weighted by atomic mass is 16.5. The molecule has 7 nitrogen and oxygen atoms in total. The summed E-state index contributed by atoms with van der Waals surface area (Å²) >= 11 is 0. The minimum Gasteiger partial charge on any atom is -0.494 e. The fourth-order valence-electron chi connectivity index (χ4n) is 3.10. The summed E-state index contributed by atoms with van der Waals surface area (Å²) < 4.78 is 7.78. The number of nitrogens with zero attached hydrogens (tertiary/aromatic N) is 4. The van der Waals surface area contributed by atoms with Gasteiger partial charge < -0.3 is 15.0 Å². The highest BCUT2D eigenvalue weighted by Crippen LogP contribution is 2.22. The third-order valence-corrected chi connectivity index (χ3v) is 4.42. The second kappa shape index (κ2) is 8.23. The number of nitrogens with one attached hydrogen (secondary N) is 1. The maximum absolute atomic E-state index is 11.7. The van der Waals surface area contributed by atoms with E-state index in [2.05, 4.69) is 33.5 Å². The Balaban J connectivity index is 1.62. The number of benzene rings is 1. The van der Waals surface area contributed by atoms with Crippen LogP contribution in [0.1, 0.15) is 23.9 Å². The molecule has 1 aliphatic heterocycles. The summed E-state index contributed by atoms with van der Waals surface area (Å²) in [6.45, 7) is 6.62. The maximum atomic E-state index is 11.7. The van der Waals surface area contributed by atoms with Crippen LogP contribution in [0.25, 0.3) is 0 Å². The molecule has 26 heavy (non-hydrogen) atoms. The summed E-state index contributed by atoms with van der Waals surface area (Å²) in [7, 11) is 3.46. The number of carbonyl (C=O) groups is 1. The molecule has 0 spiro atoms. The second-order valence-electron chi connectivity index (χ2n) is 6.65. The zero-order chi connectivity index (χ0) is 18.5. The van der Waals surface area contributed by atoms with Crippen molar-refractivity contribution >= 4 is 6.03 Å². The standard InChI is InChI=1S/C19H27N5O2/c1-4-26-18-8-6-5-7-15(18)13-23-9-10-24-17(14-23)11-16(21-24)12-20-19(25)22(2)3/h5-8,11H,4,9-10,12-14H2,1-3H3,(H,20,25). The summed E-state index contributed by atoms with van der Waals surface area (Å²) in [5.74, 6) is 0.959. The van der Waals surface area contributed by atoms with Crippen molar-refractivity contribution in [1.82, 2.24) is 24.9 Å². The highest BCUT2D eigenvalue weighted by molar-refractivity contribution is 5.73. The van der Waals surface area contributed by atoms with Crippen molar-refractivity contribution in [3.8, 4) is 5.75 Å². The summed E-state index contributed by atoms with van der Waals surface area (Å²) in [5, 5.41) is 7.46. The molecule has 1 aromatic carbocycles. The van der Waals surface area contributed by atoms with Crippen LogP contribution in [0.15, 0.2) is 30.3 Å². The number of amides is 2. The van der Waals surface area contributed by atoms with E-state index in [0.29, 0.717) is 13.2 Å². The van der Waals surface area contributed by atoms with Gasteiger partial charge in [0.05, 0.1) is 31.1 Å². The van der Waals surface area contributed by atoms with Gasteiger partial charge in [-0.25, -0.2) is 4.79 Å². The van der Waals surface area contributed by atoms with Crippen LogP contribution in [-0.4, -0.2) is 52.9 Å². The van der Waals surface area contributed by atoms with Crippen molar-refractivity contribution in [1.29, 1.82) is 0 Å². The van der Waals surface area contributed by atoms with E-state index < -0.39 is 0 Å². The van der Waals surface area contributed by atoms with E-state index >= 15 is 0 Å². The zero-order valence-electron chi connectivity index (χ0n) is 15.7. The molecule has 3 rings (SSSR count). The number of hydrogen-bond donors (Lipinski definition) is 1. The number of rotatable bonds is 6. The molecule has 1 N–H and O–H groups in total. The van der Waals surface area contributed by atoms with Gasteiger partial charge in [0.1, 0.15) is 5.75 Å². The Morgan fingerprint density at radius 2 is 2.12 bits per heavy atom. The van der Waals surface area contributed by atoms with Gasteiger partial charge in [-0.2, -0.15) is 5.10 Å². The summed E-state index contributed by atoms with van der Waals surface area (Å²) in [6.07, 6.45) is 0. The van der Waals surface area contributed by atoms with Crippen LogP contribution in [0.3, 0.4) is 0 Å². The fourth-order valence-corrected chi connectivity index (χ4v) is 3.10. The molecule has 0 saturated carbocycles. The van der Waals surface area contributed by atoms with E-state index in [1.165, 1.54) is 16.2 Å². The molecular formula is C19H27N5O2. The average molecular weight is 357 g/mol. The van der Waals surface area contributed by atoms with Crippen molar-refractivity contribution < 1.29 is 9.53 Å². The summed E-state index contributed by atoms with van der Waals surface area (Å²) in [4.78, 5) is 15.6. The van der Waals surface area contributed by atoms with Crippen LogP contribution >= 0.6 is 0 Å². The first kappa shape index (κ1) is 18.3. The molecule has 1 aliphatic rings. The lowest BCUT2D eigenvalue weighted by Crippen LogP contribution is -2.34. The molecule has 0 unspecified atom stereocenters. The first-order chi connectivity index (χ1) is 12.6. The molecule has 2 heterocycles. The van der Waals surface area contributed by atoms with Crippen molar-refractivity contribution in [2.24, 2.45) is 0 Å². The molecule has 1 aromatic heterocycles. The van der Waals surface area contributed by atoms with Crippen LogP contribution in [0.2, 0.25) is 0 Å². The zero-order valence-corrected chi connectivity index (χ0v) is 15.7. The Morgan fingerprint density at radius 1 is 1.31 bits per heavy atom. The molecule has 0 radical (unpaired) electrons. The predicted octanol–water partition coefficient (Wildman–Crippen LogP) is 2.07. The molecule has 0 saturated heterocycles. The van der Waals surface area contributed by atoms with E-state index in [1.54, 1.807) is 14.1 Å². The predicted molar refractivity (Wildman–Crippen MR) is 99.9 cm³/mol. The summed E-state index contributed by atoms with van der Waals surface area (Å²) in [5.41, 5.74) is 3.28. The second-order valence-corrected chi connectivity index (χ2v) is 6.65. The van der Waals surface area contributed by atoms with E-state index in [4.69, 9.17) is 4.74 Å². The van der Waals surface area contributed by atoms with Crippen molar-refractivity contribution in [3.05, 3.63) is 47.3 Å². The van der Waals surface area contributed by atoms with Crippen molar-refractivity contribution in [2.75, 3.05) is 27.2 Å². The number of hydrogen-bond acceptors (Lipinski definition) is 4. The van der Waals surface area contributed by atoms with E-state index in [1.807, 2.05) is 23.7 Å². The third kappa shape index (κ3) is 4.35. The lowest BCUT2D eigenvalue weighted by atomic mass is 10.1. The van der Waals surface area contributed by atoms with E-state index in [0.717, 1.165) is 37.6 Å². The lowest BCUT2D eigenvalue weighted by Gasteiger charge is -2.28. The largest absolute Gasteiger partial charge is 0.494 e. The number of urea groups is 1.